The minimum atomic E-state index is -0.465. The summed E-state index contributed by atoms with van der Waals surface area (Å²) in [6.07, 6.45) is 0. The lowest BCUT2D eigenvalue weighted by atomic mass is 10.3. The van der Waals surface area contributed by atoms with Crippen molar-refractivity contribution in [1.29, 1.82) is 0 Å². The van der Waals surface area contributed by atoms with Gasteiger partial charge in [0.1, 0.15) is 6.04 Å². The van der Waals surface area contributed by atoms with Gasteiger partial charge in [-0.3, -0.25) is 9.69 Å². The Morgan fingerprint density at radius 1 is 1.45 bits per heavy atom. The maximum absolute atomic E-state index is 11.1. The first-order valence-electron chi connectivity index (χ1n) is 3.34. The summed E-state index contributed by atoms with van der Waals surface area (Å²) in [4.78, 5) is 24.6. The number of hydrogen-bond donors (Lipinski definition) is 1. The van der Waals surface area contributed by atoms with Crippen molar-refractivity contribution in [2.45, 2.75) is 6.04 Å². The van der Waals surface area contributed by atoms with Crippen LogP contribution < -0.4 is 5.73 Å². The second kappa shape index (κ2) is 2.50. The molecule has 1 heterocycles. The molecule has 0 spiro atoms. The van der Waals surface area contributed by atoms with E-state index in [0.29, 0.717) is 0 Å². The molecule has 1 aliphatic heterocycles. The fourth-order valence-electron chi connectivity index (χ4n) is 1.11. The number of hydrogen-bond acceptors (Lipinski definition) is 3. The number of amides is 3. The summed E-state index contributed by atoms with van der Waals surface area (Å²) in [6.45, 7) is 0.186. The average molecular weight is 157 g/mol. The van der Waals surface area contributed by atoms with E-state index < -0.39 is 6.04 Å². The molecule has 3 amide bonds. The smallest absolute Gasteiger partial charge is 0.326 e. The molecule has 1 saturated heterocycles. The summed E-state index contributed by atoms with van der Waals surface area (Å²) in [5, 5.41) is 0. The van der Waals surface area contributed by atoms with Crippen LogP contribution in [-0.2, 0) is 4.79 Å². The van der Waals surface area contributed by atoms with Gasteiger partial charge >= 0.3 is 6.03 Å². The number of likely N-dealkylation sites (N-methyl/N-ethyl adjacent to an activating group) is 2. The highest BCUT2D eigenvalue weighted by Gasteiger charge is 2.39. The topological polar surface area (TPSA) is 66.6 Å². The van der Waals surface area contributed by atoms with Gasteiger partial charge in [0.15, 0.2) is 0 Å². The maximum Gasteiger partial charge on any atom is 0.326 e. The number of urea groups is 1. The van der Waals surface area contributed by atoms with Gasteiger partial charge in [-0.1, -0.05) is 0 Å². The van der Waals surface area contributed by atoms with Crippen molar-refractivity contribution < 1.29 is 9.59 Å². The van der Waals surface area contributed by atoms with Crippen LogP contribution in [0, 0.1) is 0 Å². The second-order valence-electron chi connectivity index (χ2n) is 2.54. The molecule has 5 nitrogen and oxygen atoms in total. The fraction of sp³-hybridized carbons (Fsp3) is 0.667. The van der Waals surface area contributed by atoms with Crippen molar-refractivity contribution in [2.24, 2.45) is 5.73 Å². The Morgan fingerprint density at radius 2 is 2.00 bits per heavy atom. The second-order valence-corrected chi connectivity index (χ2v) is 2.54. The van der Waals surface area contributed by atoms with E-state index in [1.54, 1.807) is 7.05 Å². The number of rotatable bonds is 1. The number of carbonyl (C=O) groups excluding carboxylic acids is 2. The molecule has 1 fully saturated rings. The highest BCUT2D eigenvalue weighted by atomic mass is 16.2. The first kappa shape index (κ1) is 8.00. The minimum absolute atomic E-state index is 0.186. The predicted molar refractivity (Wildman–Crippen MR) is 38.8 cm³/mol. The Bertz CT molecular complexity index is 204. The zero-order valence-electron chi connectivity index (χ0n) is 6.57. The van der Waals surface area contributed by atoms with Gasteiger partial charge in [-0.2, -0.15) is 0 Å². The molecular formula is C6H11N3O2. The lowest BCUT2D eigenvalue weighted by Crippen LogP contribution is -2.37. The molecule has 62 valence electrons. The minimum Gasteiger partial charge on any atom is -0.328 e. The van der Waals surface area contributed by atoms with Gasteiger partial charge in [-0.15, -0.1) is 0 Å². The Hall–Kier alpha value is -1.10. The zero-order chi connectivity index (χ0) is 8.59. The van der Waals surface area contributed by atoms with Gasteiger partial charge in [-0.05, 0) is 0 Å². The van der Waals surface area contributed by atoms with Gasteiger partial charge in [0.05, 0.1) is 0 Å². The summed E-state index contributed by atoms with van der Waals surface area (Å²) in [7, 11) is 3.03. The van der Waals surface area contributed by atoms with Gasteiger partial charge in [0, 0.05) is 20.6 Å². The Labute approximate surface area is 64.7 Å². The van der Waals surface area contributed by atoms with E-state index in [1.165, 1.54) is 11.9 Å². The fourth-order valence-corrected chi connectivity index (χ4v) is 1.11. The Morgan fingerprint density at radius 3 is 2.18 bits per heavy atom. The van der Waals surface area contributed by atoms with Crippen LogP contribution >= 0.6 is 0 Å². The van der Waals surface area contributed by atoms with E-state index in [-0.39, 0.29) is 18.5 Å². The van der Waals surface area contributed by atoms with Crippen LogP contribution in [0.15, 0.2) is 0 Å². The van der Waals surface area contributed by atoms with E-state index in [4.69, 9.17) is 5.73 Å². The van der Waals surface area contributed by atoms with Crippen LogP contribution in [-0.4, -0.2) is 48.4 Å². The van der Waals surface area contributed by atoms with E-state index in [0.717, 1.165) is 4.90 Å². The molecule has 1 atom stereocenters. The summed E-state index contributed by atoms with van der Waals surface area (Å²) >= 11 is 0. The normalized spacial score (nSPS) is 25.2. The van der Waals surface area contributed by atoms with Crippen molar-refractivity contribution in [3.8, 4) is 0 Å². The van der Waals surface area contributed by atoms with Crippen molar-refractivity contribution in [3.05, 3.63) is 0 Å². The number of nitrogens with two attached hydrogens (primary N) is 1. The largest absolute Gasteiger partial charge is 0.328 e. The lowest BCUT2D eigenvalue weighted by molar-refractivity contribution is -0.127. The van der Waals surface area contributed by atoms with Crippen molar-refractivity contribution in [3.63, 3.8) is 0 Å². The number of imide groups is 1. The summed E-state index contributed by atoms with van der Waals surface area (Å²) in [5.41, 5.74) is 5.30. The molecule has 0 aliphatic carbocycles. The molecule has 0 saturated carbocycles. The quantitative estimate of drug-likeness (QED) is 0.488. The van der Waals surface area contributed by atoms with Gasteiger partial charge in [0.25, 0.3) is 5.91 Å². The van der Waals surface area contributed by atoms with Gasteiger partial charge in [-0.25, -0.2) is 4.79 Å². The highest BCUT2D eigenvalue weighted by molar-refractivity contribution is 6.03. The van der Waals surface area contributed by atoms with Crippen molar-refractivity contribution in [1.82, 2.24) is 9.80 Å². The molecule has 0 radical (unpaired) electrons. The Kier molecular flexibility index (Phi) is 1.82. The van der Waals surface area contributed by atoms with Crippen LogP contribution in [0.2, 0.25) is 0 Å². The third-order valence-electron chi connectivity index (χ3n) is 1.90. The van der Waals surface area contributed by atoms with E-state index in [2.05, 4.69) is 0 Å². The molecular weight excluding hydrogens is 146 g/mol. The molecule has 0 bridgehead atoms. The summed E-state index contributed by atoms with van der Waals surface area (Å²) in [6, 6.07) is -0.752. The third-order valence-corrected chi connectivity index (χ3v) is 1.90. The summed E-state index contributed by atoms with van der Waals surface area (Å²) in [5.74, 6) is -0.222. The van der Waals surface area contributed by atoms with Crippen LogP contribution in [0.5, 0.6) is 0 Å². The van der Waals surface area contributed by atoms with Crippen molar-refractivity contribution >= 4 is 11.9 Å². The third kappa shape index (κ3) is 0.970. The number of carbonyl (C=O) groups is 2. The van der Waals surface area contributed by atoms with Crippen LogP contribution in [0.25, 0.3) is 0 Å². The van der Waals surface area contributed by atoms with Crippen LogP contribution in [0.1, 0.15) is 0 Å². The SMILES string of the molecule is CN1C(=O)C(CN)N(C)C1=O. The first-order chi connectivity index (χ1) is 5.09. The molecule has 1 unspecified atom stereocenters. The number of nitrogens with zero attached hydrogens (tertiary/aromatic N) is 2. The molecule has 5 heteroatoms. The van der Waals surface area contributed by atoms with Gasteiger partial charge in [0.2, 0.25) is 0 Å². The monoisotopic (exact) mass is 157 g/mol. The van der Waals surface area contributed by atoms with E-state index >= 15 is 0 Å². The molecule has 0 aromatic heterocycles. The Balaban J connectivity index is 2.86. The molecule has 1 aliphatic rings. The molecule has 0 aromatic carbocycles. The first-order valence-corrected chi connectivity index (χ1v) is 3.34. The summed E-state index contributed by atoms with van der Waals surface area (Å²) < 4.78 is 0. The molecule has 2 N–H and O–H groups in total. The molecule has 1 rings (SSSR count). The zero-order valence-corrected chi connectivity index (χ0v) is 6.57. The predicted octanol–water partition coefficient (Wildman–Crippen LogP) is -1.16. The van der Waals surface area contributed by atoms with Crippen LogP contribution in [0.3, 0.4) is 0 Å². The van der Waals surface area contributed by atoms with E-state index in [1.807, 2.05) is 0 Å². The maximum atomic E-state index is 11.1. The van der Waals surface area contributed by atoms with Gasteiger partial charge < -0.3 is 10.6 Å². The average Bonchev–Trinajstić information content (AvgIpc) is 2.17. The highest BCUT2D eigenvalue weighted by Crippen LogP contribution is 2.11. The molecule has 0 aromatic rings. The molecule has 11 heavy (non-hydrogen) atoms. The lowest BCUT2D eigenvalue weighted by Gasteiger charge is -2.12. The standard InChI is InChI=1S/C6H11N3O2/c1-8-4(3-7)5(10)9(2)6(8)11/h4H,3,7H2,1-2H3. The van der Waals surface area contributed by atoms with Crippen molar-refractivity contribution in [2.75, 3.05) is 20.6 Å². The van der Waals surface area contributed by atoms with E-state index in [9.17, 15) is 9.59 Å². The van der Waals surface area contributed by atoms with Crippen LogP contribution in [0.4, 0.5) is 4.79 Å².